The normalized spacial score (nSPS) is 13.7. The number of rotatable bonds is 56. The van der Waals surface area contributed by atoms with Crippen LogP contribution in [-0.2, 0) is 4.79 Å². The van der Waals surface area contributed by atoms with E-state index in [2.05, 4.69) is 31.3 Å². The monoisotopic (exact) mass is 934 g/mol. The summed E-state index contributed by atoms with van der Waals surface area (Å²) in [5.41, 5.74) is 0. The minimum atomic E-state index is -1.26. The molecule has 6 nitrogen and oxygen atoms in total. The third-order valence-corrected chi connectivity index (χ3v) is 14.5. The van der Waals surface area contributed by atoms with Gasteiger partial charge in [0.15, 0.2) is 0 Å². The van der Waals surface area contributed by atoms with Gasteiger partial charge < -0.3 is 25.7 Å². The molecule has 4 atom stereocenters. The molecule has 4 unspecified atom stereocenters. The Balaban J connectivity index is 3.53. The summed E-state index contributed by atoms with van der Waals surface area (Å²) in [6, 6.07) is -0.982. The second kappa shape index (κ2) is 55.0. The first-order valence-corrected chi connectivity index (χ1v) is 30.1. The molecule has 0 fully saturated rings. The van der Waals surface area contributed by atoms with E-state index in [1.807, 2.05) is 0 Å². The molecule has 0 aliphatic heterocycles. The molecule has 0 aliphatic carbocycles. The minimum absolute atomic E-state index is 0.374. The average Bonchev–Trinajstić information content (AvgIpc) is 3.32. The molecular weight excluding hydrogens is 815 g/mol. The van der Waals surface area contributed by atoms with E-state index in [-0.39, 0.29) is 0 Å². The molecule has 0 aromatic heterocycles. The number of aliphatic hydroxyl groups is 4. The first-order chi connectivity index (χ1) is 32.5. The van der Waals surface area contributed by atoms with E-state index >= 15 is 0 Å². The highest BCUT2D eigenvalue weighted by atomic mass is 16.3. The zero-order valence-electron chi connectivity index (χ0n) is 44.7. The number of hydrogen-bond donors (Lipinski definition) is 5. The number of carbonyl (C=O) groups is 1. The molecule has 0 aromatic rings. The van der Waals surface area contributed by atoms with Gasteiger partial charge in [-0.05, 0) is 38.5 Å². The largest absolute Gasteiger partial charge is 0.394 e. The number of aliphatic hydroxyl groups excluding tert-OH is 4. The van der Waals surface area contributed by atoms with Gasteiger partial charge in [-0.25, -0.2) is 0 Å². The van der Waals surface area contributed by atoms with Crippen LogP contribution in [0.5, 0.6) is 0 Å². The van der Waals surface area contributed by atoms with Crippen molar-refractivity contribution in [1.82, 2.24) is 5.32 Å². The van der Waals surface area contributed by atoms with Gasteiger partial charge in [0.2, 0.25) is 5.91 Å². The molecule has 66 heavy (non-hydrogen) atoms. The lowest BCUT2D eigenvalue weighted by Crippen LogP contribution is -2.53. The van der Waals surface area contributed by atoms with E-state index in [9.17, 15) is 25.2 Å². The van der Waals surface area contributed by atoms with Crippen molar-refractivity contribution in [3.63, 3.8) is 0 Å². The molecule has 5 N–H and O–H groups in total. The van der Waals surface area contributed by atoms with E-state index in [0.717, 1.165) is 38.5 Å². The van der Waals surface area contributed by atoms with Crippen LogP contribution in [0.3, 0.4) is 0 Å². The third-order valence-electron chi connectivity index (χ3n) is 14.5. The number of hydrogen-bond acceptors (Lipinski definition) is 5. The van der Waals surface area contributed by atoms with Crippen LogP contribution in [0.15, 0.2) is 12.2 Å². The smallest absolute Gasteiger partial charge is 0.249 e. The van der Waals surface area contributed by atoms with Crippen molar-refractivity contribution in [2.24, 2.45) is 0 Å². The Kier molecular flexibility index (Phi) is 54.2. The summed E-state index contributed by atoms with van der Waals surface area (Å²) in [5, 5.41) is 44.0. The minimum Gasteiger partial charge on any atom is -0.394 e. The summed E-state index contributed by atoms with van der Waals surface area (Å²) in [7, 11) is 0. The molecule has 0 radical (unpaired) electrons. The maximum atomic E-state index is 12.6. The fourth-order valence-electron chi connectivity index (χ4n) is 9.76. The number of nitrogens with one attached hydrogen (secondary N) is 1. The van der Waals surface area contributed by atoms with Crippen LogP contribution in [0.1, 0.15) is 335 Å². The van der Waals surface area contributed by atoms with Gasteiger partial charge in [-0.3, -0.25) is 4.79 Å². The van der Waals surface area contributed by atoms with Gasteiger partial charge in [0, 0.05) is 0 Å². The second-order valence-electron chi connectivity index (χ2n) is 21.1. The molecule has 0 heterocycles. The molecular formula is C60H119NO5. The highest BCUT2D eigenvalue weighted by Gasteiger charge is 2.28. The van der Waals surface area contributed by atoms with Crippen molar-refractivity contribution in [2.45, 2.75) is 359 Å². The molecule has 394 valence electrons. The van der Waals surface area contributed by atoms with Crippen LogP contribution in [0, 0.1) is 0 Å². The van der Waals surface area contributed by atoms with Gasteiger partial charge in [-0.1, -0.05) is 309 Å². The summed E-state index contributed by atoms with van der Waals surface area (Å²) < 4.78 is 0. The van der Waals surface area contributed by atoms with E-state index in [1.165, 1.54) is 270 Å². The molecule has 1 amide bonds. The standard InChI is InChI=1S/C60H119NO5/c1-3-5-7-9-11-13-15-17-19-21-22-23-24-25-26-27-28-29-30-31-32-33-34-35-36-37-38-40-42-44-46-48-50-52-54-58(64)60(66)61-56(55-62)59(65)57(63)53-51-49-47-45-43-41-39-20-18-16-14-12-10-8-6-4-2/h27-28,56-59,62-65H,3-26,29-55H2,1-2H3,(H,61,66)/b28-27-. The molecule has 0 spiro atoms. The fraction of sp³-hybridized carbons (Fsp3) is 0.950. The van der Waals surface area contributed by atoms with Crippen LogP contribution in [0.25, 0.3) is 0 Å². The van der Waals surface area contributed by atoms with Crippen molar-refractivity contribution in [3.8, 4) is 0 Å². The Morgan fingerprint density at radius 3 is 0.879 bits per heavy atom. The van der Waals surface area contributed by atoms with E-state index in [4.69, 9.17) is 0 Å². The van der Waals surface area contributed by atoms with Crippen molar-refractivity contribution < 1.29 is 25.2 Å². The summed E-state index contributed by atoms with van der Waals surface area (Å²) in [4.78, 5) is 12.6. The highest BCUT2D eigenvalue weighted by molar-refractivity contribution is 5.80. The molecule has 0 aromatic carbocycles. The number of allylic oxidation sites excluding steroid dienone is 2. The first-order valence-electron chi connectivity index (χ1n) is 30.1. The van der Waals surface area contributed by atoms with Crippen molar-refractivity contribution in [2.75, 3.05) is 6.61 Å². The highest BCUT2D eigenvalue weighted by Crippen LogP contribution is 2.19. The summed E-state index contributed by atoms with van der Waals surface area (Å²) in [5.74, 6) is -0.577. The van der Waals surface area contributed by atoms with Crippen molar-refractivity contribution in [3.05, 3.63) is 12.2 Å². The topological polar surface area (TPSA) is 110 Å². The summed E-state index contributed by atoms with van der Waals surface area (Å²) in [6.07, 6.45) is 65.9. The number of amides is 1. The molecule has 0 bridgehead atoms. The zero-order valence-corrected chi connectivity index (χ0v) is 44.7. The Morgan fingerprint density at radius 2 is 0.606 bits per heavy atom. The maximum absolute atomic E-state index is 12.6. The quantitative estimate of drug-likeness (QED) is 0.0308. The zero-order chi connectivity index (χ0) is 48.1. The molecule has 0 aliphatic rings. The van der Waals surface area contributed by atoms with E-state index in [1.54, 1.807) is 0 Å². The lowest BCUT2D eigenvalue weighted by Gasteiger charge is -2.27. The Hall–Kier alpha value is -0.950. The van der Waals surface area contributed by atoms with Crippen LogP contribution in [0.2, 0.25) is 0 Å². The van der Waals surface area contributed by atoms with E-state index < -0.39 is 36.9 Å². The third kappa shape index (κ3) is 48.1. The van der Waals surface area contributed by atoms with Crippen LogP contribution in [0.4, 0.5) is 0 Å². The van der Waals surface area contributed by atoms with E-state index in [0.29, 0.717) is 12.8 Å². The number of carbonyl (C=O) groups excluding carboxylic acids is 1. The lowest BCUT2D eigenvalue weighted by molar-refractivity contribution is -0.132. The van der Waals surface area contributed by atoms with Crippen molar-refractivity contribution >= 4 is 5.91 Å². The van der Waals surface area contributed by atoms with Crippen molar-refractivity contribution in [1.29, 1.82) is 0 Å². The van der Waals surface area contributed by atoms with Crippen LogP contribution >= 0.6 is 0 Å². The van der Waals surface area contributed by atoms with Gasteiger partial charge in [0.05, 0.1) is 18.8 Å². The van der Waals surface area contributed by atoms with Gasteiger partial charge in [0.25, 0.3) is 0 Å². The molecule has 0 saturated carbocycles. The predicted octanol–water partition coefficient (Wildman–Crippen LogP) is 17.6. The van der Waals surface area contributed by atoms with Crippen LogP contribution < -0.4 is 5.32 Å². The second-order valence-corrected chi connectivity index (χ2v) is 21.1. The Labute approximate surface area is 412 Å². The fourth-order valence-corrected chi connectivity index (χ4v) is 9.76. The molecule has 0 saturated heterocycles. The maximum Gasteiger partial charge on any atom is 0.249 e. The number of unbranched alkanes of at least 4 members (excludes halogenated alkanes) is 45. The van der Waals surface area contributed by atoms with Gasteiger partial charge in [-0.15, -0.1) is 0 Å². The van der Waals surface area contributed by atoms with Gasteiger partial charge >= 0.3 is 0 Å². The molecule has 0 rings (SSSR count). The lowest BCUT2D eigenvalue weighted by atomic mass is 9.99. The average molecular weight is 935 g/mol. The van der Waals surface area contributed by atoms with Gasteiger partial charge in [0.1, 0.15) is 12.2 Å². The first kappa shape index (κ1) is 65.0. The molecule has 6 heteroatoms. The predicted molar refractivity (Wildman–Crippen MR) is 288 cm³/mol. The SMILES string of the molecule is CCCCCCCCCCCCCCCC/C=C\CCCCCCCCCCCCCCCCCCC(O)C(=O)NC(CO)C(O)C(O)CCCCCCCCCCCCCCCCCC. The Morgan fingerprint density at radius 1 is 0.364 bits per heavy atom. The Bertz CT molecular complexity index is 959. The summed E-state index contributed by atoms with van der Waals surface area (Å²) >= 11 is 0. The summed E-state index contributed by atoms with van der Waals surface area (Å²) in [6.45, 7) is 4.09. The van der Waals surface area contributed by atoms with Crippen LogP contribution in [-0.4, -0.2) is 57.3 Å². The van der Waals surface area contributed by atoms with Gasteiger partial charge in [-0.2, -0.15) is 0 Å².